The first-order chi connectivity index (χ1) is 1.91. The van der Waals surface area contributed by atoms with Gasteiger partial charge in [-0.05, 0) is 0 Å². The van der Waals surface area contributed by atoms with Crippen LogP contribution in [0.15, 0.2) is 0 Å². The lowest BCUT2D eigenvalue weighted by molar-refractivity contribution is 0.673. The second-order valence-electron chi connectivity index (χ2n) is 0.447. The van der Waals surface area contributed by atoms with Gasteiger partial charge < -0.3 is 0 Å². The zero-order valence-corrected chi connectivity index (χ0v) is 2.95. The van der Waals surface area contributed by atoms with Crippen molar-refractivity contribution < 1.29 is 0 Å². The van der Waals surface area contributed by atoms with Crippen molar-refractivity contribution >= 4 is 0 Å². The maximum atomic E-state index is 3.49. The molecule has 0 saturated heterocycles. The van der Waals surface area contributed by atoms with Gasteiger partial charge in [-0.25, -0.2) is 5.43 Å². The predicted molar refractivity (Wildman–Crippen MR) is 17.1 cm³/mol. The molecule has 0 aliphatic rings. The van der Waals surface area contributed by atoms with Gasteiger partial charge in [0.25, 0.3) is 0 Å². The van der Waals surface area contributed by atoms with E-state index >= 15 is 0 Å². The molecule has 0 aliphatic heterocycles. The molecule has 1 radical (unpaired) electrons. The summed E-state index contributed by atoms with van der Waals surface area (Å²) in [5.74, 6) is 0. The van der Waals surface area contributed by atoms with Crippen LogP contribution in [0.4, 0.5) is 0 Å². The summed E-state index contributed by atoms with van der Waals surface area (Å²) in [5, 5.41) is 0. The highest BCUT2D eigenvalue weighted by molar-refractivity contribution is 3.97. The van der Waals surface area contributed by atoms with Crippen LogP contribution < -0.4 is 10.9 Å². The molecule has 0 atom stereocenters. The molecule has 25 valence electrons. The summed E-state index contributed by atoms with van der Waals surface area (Å²) < 4.78 is 0. The fraction of sp³-hybridized carbons (Fsp3) is 1.00. The summed E-state index contributed by atoms with van der Waals surface area (Å²) in [4.78, 5) is 0. The molecule has 2 heteroatoms. The molecular formula is C2H7N2. The maximum absolute atomic E-state index is 3.49. The van der Waals surface area contributed by atoms with Crippen molar-refractivity contribution in [3.8, 4) is 0 Å². The first kappa shape index (κ1) is 3.92. The zero-order valence-electron chi connectivity index (χ0n) is 2.95. The van der Waals surface area contributed by atoms with Crippen molar-refractivity contribution in [2.75, 3.05) is 14.1 Å². The molecule has 0 fully saturated rings. The van der Waals surface area contributed by atoms with Gasteiger partial charge in [-0.3, -0.25) is 0 Å². The van der Waals surface area contributed by atoms with E-state index in [-0.39, 0.29) is 0 Å². The average Bonchev–Trinajstić information content (AvgIpc) is 1.37. The molecule has 0 unspecified atom stereocenters. The van der Waals surface area contributed by atoms with Crippen LogP contribution in [-0.2, 0) is 0 Å². The van der Waals surface area contributed by atoms with Crippen LogP contribution in [0.2, 0.25) is 0 Å². The highest BCUT2D eigenvalue weighted by Crippen LogP contribution is 1.15. The lowest BCUT2D eigenvalue weighted by atomic mass is 11.4. The van der Waals surface area contributed by atoms with Gasteiger partial charge in [-0.1, -0.05) is 0 Å². The zero-order chi connectivity index (χ0) is 3.41. The molecule has 0 heterocycles. The summed E-state index contributed by atoms with van der Waals surface area (Å²) in [5.41, 5.74) is 6.04. The Kier molecular flexibility index (Phi) is 2.86. The van der Waals surface area contributed by atoms with Crippen molar-refractivity contribution in [2.45, 2.75) is 0 Å². The molecule has 2 nitrogen and oxygen atoms in total. The van der Waals surface area contributed by atoms with Crippen molar-refractivity contribution in [1.82, 2.24) is 10.9 Å². The highest BCUT2D eigenvalue weighted by Gasteiger charge is 1.48. The second-order valence-corrected chi connectivity index (χ2v) is 0.447. The lowest BCUT2D eigenvalue weighted by Gasteiger charge is -1.77. The molecule has 0 aromatic carbocycles. The van der Waals surface area contributed by atoms with Gasteiger partial charge in [-0.2, -0.15) is 5.43 Å². The number of hydrogen-bond donors (Lipinski definition) is 1. The van der Waals surface area contributed by atoms with E-state index in [4.69, 9.17) is 0 Å². The van der Waals surface area contributed by atoms with Gasteiger partial charge in [0.05, 0.1) is 0 Å². The molecular weight excluding hydrogens is 52.0 g/mol. The van der Waals surface area contributed by atoms with Crippen LogP contribution in [0.1, 0.15) is 0 Å². The van der Waals surface area contributed by atoms with Crippen LogP contribution in [0, 0.1) is 0 Å². The Morgan fingerprint density at radius 2 is 2.00 bits per heavy atom. The van der Waals surface area contributed by atoms with Gasteiger partial charge in [0, 0.05) is 14.1 Å². The fourth-order valence-corrected chi connectivity index (χ4v) is 0. The molecule has 0 rings (SSSR count). The monoisotopic (exact) mass is 59.1 g/mol. The Morgan fingerprint density at radius 1 is 1.75 bits per heavy atom. The Bertz CT molecular complexity index is 6.00. The smallest absolute Gasteiger partial charge is 0.0190 e. The quantitative estimate of drug-likeness (QED) is 0.399. The first-order valence-electron chi connectivity index (χ1n) is 1.17. The van der Waals surface area contributed by atoms with Gasteiger partial charge in [0.15, 0.2) is 0 Å². The third-order valence-electron chi connectivity index (χ3n) is 0.224. The predicted octanol–water partition coefficient (Wildman–Crippen LogP) is -0.645. The molecule has 0 bridgehead atoms. The summed E-state index contributed by atoms with van der Waals surface area (Å²) in [7, 11) is 3.46. The van der Waals surface area contributed by atoms with E-state index in [1.54, 1.807) is 14.1 Å². The number of rotatable bonds is 1. The molecule has 0 aromatic heterocycles. The van der Waals surface area contributed by atoms with Crippen LogP contribution in [0.25, 0.3) is 0 Å². The topological polar surface area (TPSA) is 26.1 Å². The second kappa shape index (κ2) is 2.92. The first-order valence-corrected chi connectivity index (χ1v) is 1.17. The Morgan fingerprint density at radius 3 is 2.00 bits per heavy atom. The number of hydrogen-bond acceptors (Lipinski definition) is 1. The van der Waals surface area contributed by atoms with Crippen molar-refractivity contribution in [3.63, 3.8) is 0 Å². The molecule has 0 saturated carbocycles. The van der Waals surface area contributed by atoms with Crippen LogP contribution in [-0.4, -0.2) is 14.1 Å². The maximum Gasteiger partial charge on any atom is 0.0190 e. The fourth-order valence-electron chi connectivity index (χ4n) is 0. The van der Waals surface area contributed by atoms with E-state index in [1.807, 2.05) is 0 Å². The summed E-state index contributed by atoms with van der Waals surface area (Å²) in [6.45, 7) is 0. The Labute approximate surface area is 26.2 Å². The number of nitrogens with zero attached hydrogens (tertiary/aromatic N) is 1. The normalized spacial score (nSPS) is 7.50. The van der Waals surface area contributed by atoms with E-state index in [1.165, 1.54) is 0 Å². The largest absolute Gasteiger partial charge is 0.244 e. The standard InChI is InChI=1S/C2H7N2/c1-3-4-2/h3H,1-2H3. The minimum atomic E-state index is 1.69. The van der Waals surface area contributed by atoms with Crippen LogP contribution in [0.3, 0.4) is 0 Å². The summed E-state index contributed by atoms with van der Waals surface area (Å²) in [6, 6.07) is 0. The van der Waals surface area contributed by atoms with E-state index in [0.29, 0.717) is 0 Å². The van der Waals surface area contributed by atoms with Crippen molar-refractivity contribution in [1.29, 1.82) is 0 Å². The summed E-state index contributed by atoms with van der Waals surface area (Å²) in [6.07, 6.45) is 0. The number of nitrogens with one attached hydrogen (secondary N) is 1. The molecule has 0 aromatic rings. The Hall–Kier alpha value is -0.0800. The molecule has 0 aliphatic carbocycles. The van der Waals surface area contributed by atoms with Gasteiger partial charge in [0.1, 0.15) is 0 Å². The van der Waals surface area contributed by atoms with Gasteiger partial charge >= 0.3 is 0 Å². The van der Waals surface area contributed by atoms with Gasteiger partial charge in [-0.15, -0.1) is 0 Å². The third kappa shape index (κ3) is 1.92. The average molecular weight is 59.1 g/mol. The van der Waals surface area contributed by atoms with Crippen LogP contribution in [0.5, 0.6) is 0 Å². The van der Waals surface area contributed by atoms with Crippen LogP contribution >= 0.6 is 0 Å². The SMILES string of the molecule is C[N]NC. The van der Waals surface area contributed by atoms with Crippen molar-refractivity contribution in [2.24, 2.45) is 0 Å². The molecule has 4 heavy (non-hydrogen) atoms. The third-order valence-corrected chi connectivity index (χ3v) is 0.224. The Balaban J connectivity index is 1.97. The van der Waals surface area contributed by atoms with E-state index < -0.39 is 0 Å². The van der Waals surface area contributed by atoms with E-state index in [0.717, 1.165) is 0 Å². The van der Waals surface area contributed by atoms with Crippen molar-refractivity contribution in [3.05, 3.63) is 0 Å². The molecule has 1 N–H and O–H groups in total. The molecule has 0 spiro atoms. The molecule has 0 amide bonds. The minimum absolute atomic E-state index is 1.69. The summed E-state index contributed by atoms with van der Waals surface area (Å²) >= 11 is 0. The van der Waals surface area contributed by atoms with E-state index in [2.05, 4.69) is 10.9 Å². The lowest BCUT2D eigenvalue weighted by Crippen LogP contribution is -2.12. The van der Waals surface area contributed by atoms with Gasteiger partial charge in [0.2, 0.25) is 0 Å². The minimum Gasteiger partial charge on any atom is -0.244 e. The highest BCUT2D eigenvalue weighted by atomic mass is 15.3. The van der Waals surface area contributed by atoms with E-state index in [9.17, 15) is 0 Å².